The highest BCUT2D eigenvalue weighted by Gasteiger charge is 2.38. The van der Waals surface area contributed by atoms with Crippen LogP contribution in [0.5, 0.6) is 34.6 Å². The number of para-hydroxylation sites is 3. The zero-order valence-electron chi connectivity index (χ0n) is 66.5. The van der Waals surface area contributed by atoms with Gasteiger partial charge in [0.2, 0.25) is 21.8 Å². The van der Waals surface area contributed by atoms with E-state index in [1.807, 2.05) is 90.5 Å². The molecule has 1 unspecified atom stereocenters. The molecule has 636 valence electrons. The number of aromatic hydroxyl groups is 1. The van der Waals surface area contributed by atoms with Gasteiger partial charge in [0.05, 0.1) is 127 Å². The Balaban J connectivity index is 0.000000135. The Labute approximate surface area is 723 Å². The van der Waals surface area contributed by atoms with Crippen LogP contribution in [-0.2, 0) is 47.0 Å². The lowest BCUT2D eigenvalue weighted by Crippen LogP contribution is -2.40. The number of hydrogen-bond donors (Lipinski definition) is 3. The summed E-state index contributed by atoms with van der Waals surface area (Å²) in [5.41, 5.74) is 8.89. The van der Waals surface area contributed by atoms with Crippen molar-refractivity contribution in [3.05, 3.63) is 288 Å². The molecule has 0 aliphatic carbocycles. The topological polar surface area (TPSA) is 343 Å². The van der Waals surface area contributed by atoms with Crippen molar-refractivity contribution < 1.29 is 78.7 Å². The molecule has 4 aliphatic heterocycles. The minimum absolute atomic E-state index is 0. The van der Waals surface area contributed by atoms with Crippen LogP contribution < -0.4 is 54.0 Å². The van der Waals surface area contributed by atoms with Crippen LogP contribution in [0.25, 0.3) is 49.5 Å². The fourth-order valence-electron chi connectivity index (χ4n) is 14.3. The molecule has 9 heterocycles. The highest BCUT2D eigenvalue weighted by molar-refractivity contribution is 7.91. The third-order valence-electron chi connectivity index (χ3n) is 20.3. The minimum Gasteiger partial charge on any atom is -0.507 e. The molecule has 124 heavy (non-hydrogen) atoms. The predicted octanol–water partition coefficient (Wildman–Crippen LogP) is 12.8. The number of amides is 3. The maximum atomic E-state index is 13.6. The van der Waals surface area contributed by atoms with Gasteiger partial charge in [0.1, 0.15) is 47.4 Å². The summed E-state index contributed by atoms with van der Waals surface area (Å²) in [5, 5.41) is 25.9. The quantitative estimate of drug-likeness (QED) is 0.0633. The first-order valence-electron chi connectivity index (χ1n) is 38.5. The fourth-order valence-corrected chi connectivity index (χ4v) is 20.5. The van der Waals surface area contributed by atoms with Crippen molar-refractivity contribution in [3.8, 4) is 51.6 Å². The summed E-state index contributed by atoms with van der Waals surface area (Å²) in [7, 11) is -2.11. The SMILES string of the molecule is C.C=c1s/c(=C2\C(=O)N(CC(=O)Nc3ccc(OC)cc3)c3ccccc32)c(=O)n1C1CCS(=O)(=O)C1.COc1ccc(-c2nn(-c3ccccc3)c(OC)c2CCc2ccc(F)cc2)cc1.Cc1nc2ccc3nc(NC(=O)c4ccc5c(c4)OCCO5)sc3c2s1.O=C(c1cnn(C(=O)c2cccc(S(=O)(=O)N3CCOCC3)c2)c1)c1ccccc1O. The number of carbonyl (C=O) groups is 5. The molecule has 0 saturated carbocycles. The normalized spacial score (nSPS) is 14.9. The van der Waals surface area contributed by atoms with Gasteiger partial charge in [0, 0.05) is 52.8 Å². The van der Waals surface area contributed by atoms with Crippen LogP contribution in [0.2, 0.25) is 0 Å². The Hall–Kier alpha value is -13.4. The van der Waals surface area contributed by atoms with Crippen molar-refractivity contribution in [2.75, 3.05) is 94.4 Å². The van der Waals surface area contributed by atoms with Crippen molar-refractivity contribution >= 4 is 132 Å². The van der Waals surface area contributed by atoms with Crippen molar-refractivity contribution in [1.29, 1.82) is 0 Å². The number of thiazole rings is 3. The lowest BCUT2D eigenvalue weighted by atomic mass is 10.0. The van der Waals surface area contributed by atoms with E-state index in [0.29, 0.717) is 94.7 Å². The summed E-state index contributed by atoms with van der Waals surface area (Å²) in [4.78, 5) is 88.2. The standard InChI is InChI=1S/C25H23FN2O2.C25H23N3O6S2.C21H19N3O6S.C18H13N3O3S2.CH4/c1-29-22-15-11-19(12-16-22)24-23(17-10-18-8-13-20(26)14-9-18)25(30-2)28(27-24)21-6-4-3-5-7-21;1-15-28(17-11-12-36(32,33)14-17)25(31)23(35-15)22-19-5-3-4-6-20(19)27(24(22)30)13-21(29)26-16-7-9-18(34-2)10-8-16;25-19-7-2-1-6-18(19)20(26)16-13-22-24(14-16)21(27)15-4-3-5-17(12-15)31(28,29)23-8-10-30-11-9-23;1-9-19-11-3-4-12-16(15(11)25-9)26-18(20-12)21-17(22)10-2-5-13-14(8-10)24-7-6-23-13;/h3-9,11-16H,10,17H2,1-2H3;3-10,17H,1,11-14H2,2H3,(H,26,29);1-7,12-14,25H,8-11H2;2-5,8H,6-7H2,1H3,(H,20,21,22);1H4/b;23-22-;;;. The molecular weight excluding hydrogens is 1690 g/mol. The summed E-state index contributed by atoms with van der Waals surface area (Å²) in [6.07, 6.45) is 4.27. The maximum Gasteiger partial charge on any atom is 0.278 e. The maximum absolute atomic E-state index is 13.6. The smallest absolute Gasteiger partial charge is 0.278 e. The van der Waals surface area contributed by atoms with E-state index in [4.69, 9.17) is 33.5 Å². The lowest BCUT2D eigenvalue weighted by Gasteiger charge is -2.26. The molecule has 4 aliphatic rings. The first kappa shape index (κ1) is 87.0. The number of phenolic OH excluding ortho intramolecular Hbond substituents is 1. The number of aryl methyl sites for hydroxylation is 2. The van der Waals surface area contributed by atoms with Crippen LogP contribution in [0.4, 0.5) is 20.9 Å². The number of aromatic nitrogens is 7. The molecule has 3 N–H and O–H groups in total. The van der Waals surface area contributed by atoms with E-state index < -0.39 is 55.0 Å². The third kappa shape index (κ3) is 19.1. The molecule has 0 radical (unpaired) electrons. The second-order valence-corrected chi connectivity index (χ2v) is 35.7. The van der Waals surface area contributed by atoms with Gasteiger partial charge in [0.25, 0.3) is 23.3 Å². The Morgan fingerprint density at radius 2 is 1.37 bits per heavy atom. The highest BCUT2D eigenvalue weighted by atomic mass is 32.2. The van der Waals surface area contributed by atoms with E-state index in [1.165, 1.54) is 86.0 Å². The van der Waals surface area contributed by atoms with Crippen molar-refractivity contribution in [2.45, 2.75) is 44.6 Å². The monoisotopic (exact) mass is 1770 g/mol. The number of phenols is 1. The van der Waals surface area contributed by atoms with Gasteiger partial charge in [-0.1, -0.05) is 92.1 Å². The number of anilines is 3. The number of ketones is 1. The number of sulfone groups is 1. The van der Waals surface area contributed by atoms with Gasteiger partial charge in [-0.2, -0.15) is 14.5 Å². The van der Waals surface area contributed by atoms with Crippen LogP contribution >= 0.6 is 34.0 Å². The zero-order chi connectivity index (χ0) is 86.2. The number of fused-ring (bicyclic) bond motifs is 5. The number of halogens is 1. The Bertz CT molecular complexity index is 6790. The second kappa shape index (κ2) is 38.0. The molecule has 5 aromatic heterocycles. The number of nitrogens with zero attached hydrogens (tertiary/aromatic N) is 9. The van der Waals surface area contributed by atoms with E-state index in [0.717, 1.165) is 81.7 Å². The molecule has 3 amide bonds. The van der Waals surface area contributed by atoms with Gasteiger partial charge < -0.3 is 38.8 Å². The third-order valence-corrected chi connectivity index (χ3v) is 27.1. The summed E-state index contributed by atoms with van der Waals surface area (Å²) < 4.78 is 104. The fraction of sp³-hybridized carbons (Fsp3) is 0.200. The molecule has 0 bridgehead atoms. The van der Waals surface area contributed by atoms with E-state index in [9.17, 15) is 55.1 Å². The summed E-state index contributed by atoms with van der Waals surface area (Å²) in [5.74, 6) is 0.729. The Kier molecular flexibility index (Phi) is 26.6. The number of methoxy groups -OCH3 is 3. The first-order chi connectivity index (χ1) is 59.4. The molecule has 14 aromatic rings. The molecule has 1 atom stereocenters. The van der Waals surface area contributed by atoms with Crippen LogP contribution in [-0.4, -0.2) is 169 Å². The minimum atomic E-state index is -3.76. The average molecular weight is 1770 g/mol. The van der Waals surface area contributed by atoms with E-state index in [1.54, 1.807) is 112 Å². The van der Waals surface area contributed by atoms with Gasteiger partial charge in [-0.15, -0.1) is 22.7 Å². The van der Waals surface area contributed by atoms with Crippen LogP contribution in [0.3, 0.4) is 0 Å². The van der Waals surface area contributed by atoms with Crippen LogP contribution in [0.1, 0.15) is 78.2 Å². The summed E-state index contributed by atoms with van der Waals surface area (Å²) in [6.45, 7) is 7.83. The van der Waals surface area contributed by atoms with Gasteiger partial charge in [-0.05, 0) is 171 Å². The van der Waals surface area contributed by atoms with Gasteiger partial charge in [-0.3, -0.25) is 43.6 Å². The first-order valence-corrected chi connectivity index (χ1v) is 44.2. The number of sulfonamides is 1. The van der Waals surface area contributed by atoms with Crippen molar-refractivity contribution in [3.63, 3.8) is 0 Å². The molecule has 2 saturated heterocycles. The van der Waals surface area contributed by atoms with Crippen molar-refractivity contribution in [2.24, 2.45) is 0 Å². The van der Waals surface area contributed by atoms with Crippen molar-refractivity contribution in [1.82, 2.24) is 38.4 Å². The second-order valence-electron chi connectivity index (χ2n) is 28.3. The number of morpholine rings is 1. The Morgan fingerprint density at radius 3 is 2.07 bits per heavy atom. The predicted molar refractivity (Wildman–Crippen MR) is 474 cm³/mol. The average Bonchev–Trinajstić information content (AvgIpc) is 1.58. The number of nitrogens with one attached hydrogen (secondary N) is 2. The highest BCUT2D eigenvalue weighted by Crippen LogP contribution is 2.40. The number of ether oxygens (including phenoxy) is 6. The molecule has 18 rings (SSSR count). The van der Waals surface area contributed by atoms with E-state index in [-0.39, 0.29) is 87.7 Å². The number of hydrogen-bond acceptors (Lipinski definition) is 24. The molecule has 0 spiro atoms. The zero-order valence-corrected chi connectivity index (χ0v) is 70.6. The molecule has 28 nitrogen and oxygen atoms in total. The van der Waals surface area contributed by atoms with Gasteiger partial charge in [-0.25, -0.2) is 40.6 Å². The number of rotatable bonds is 19. The van der Waals surface area contributed by atoms with E-state index >= 15 is 0 Å². The Morgan fingerprint density at radius 1 is 0.694 bits per heavy atom. The summed E-state index contributed by atoms with van der Waals surface area (Å²) in [6, 6.07) is 58.5. The van der Waals surface area contributed by atoms with Gasteiger partial charge >= 0.3 is 0 Å². The van der Waals surface area contributed by atoms with E-state index in [2.05, 4.69) is 32.3 Å². The number of benzene rings is 9. The van der Waals surface area contributed by atoms with Gasteiger partial charge in [0.15, 0.2) is 32.3 Å². The largest absolute Gasteiger partial charge is 0.507 e. The molecule has 9 aromatic carbocycles. The molecule has 2 fully saturated rings. The number of carbonyl (C=O) groups excluding carboxylic acids is 5. The molecular formula is C90H82FN11O17S5. The van der Waals surface area contributed by atoms with Crippen LogP contribution in [0.15, 0.2) is 228 Å². The summed E-state index contributed by atoms with van der Waals surface area (Å²) >= 11 is 4.17. The van der Waals surface area contributed by atoms with Crippen LogP contribution in [0, 0.1) is 12.7 Å². The molecule has 34 heteroatoms. The lowest BCUT2D eigenvalue weighted by molar-refractivity contribution is -0.118.